The summed E-state index contributed by atoms with van der Waals surface area (Å²) >= 11 is 0. The number of ether oxygens (including phenoxy) is 3. The molecule has 0 amide bonds. The molecule has 25 heavy (non-hydrogen) atoms. The van der Waals surface area contributed by atoms with Gasteiger partial charge in [0.2, 0.25) is 0 Å². The predicted octanol–water partition coefficient (Wildman–Crippen LogP) is 2.11. The number of rotatable bonds is 4. The molecule has 4 rings (SSSR count). The van der Waals surface area contributed by atoms with Crippen LogP contribution >= 0.6 is 0 Å². The number of carbonyl (C=O) groups is 1. The highest BCUT2D eigenvalue weighted by atomic mass is 16.6. The number of fused-ring (bicyclic) bond motifs is 2. The Labute approximate surface area is 142 Å². The summed E-state index contributed by atoms with van der Waals surface area (Å²) in [6, 6.07) is 12.3. The number of aromatic nitrogens is 1. The van der Waals surface area contributed by atoms with Crippen LogP contribution in [0.1, 0.15) is 5.56 Å². The van der Waals surface area contributed by atoms with Gasteiger partial charge in [-0.3, -0.25) is 9.36 Å². The number of oxazole rings is 1. The van der Waals surface area contributed by atoms with Gasteiger partial charge < -0.3 is 18.6 Å². The monoisotopic (exact) mass is 341 g/mol. The third-order valence-corrected chi connectivity index (χ3v) is 3.87. The molecule has 128 valence electrons. The summed E-state index contributed by atoms with van der Waals surface area (Å²) in [6.45, 7) is 0.891. The van der Waals surface area contributed by atoms with Gasteiger partial charge in [0.05, 0.1) is 5.52 Å². The average Bonchev–Trinajstić information content (AvgIpc) is 2.95. The predicted molar refractivity (Wildman–Crippen MR) is 87.7 cm³/mol. The summed E-state index contributed by atoms with van der Waals surface area (Å²) in [5.41, 5.74) is 1.78. The minimum absolute atomic E-state index is 0.0833. The maximum Gasteiger partial charge on any atom is 0.420 e. The van der Waals surface area contributed by atoms with E-state index in [1.165, 1.54) is 4.57 Å². The van der Waals surface area contributed by atoms with Crippen LogP contribution < -0.4 is 15.2 Å². The maximum absolute atomic E-state index is 12.1. The summed E-state index contributed by atoms with van der Waals surface area (Å²) < 4.78 is 22.5. The van der Waals surface area contributed by atoms with Crippen LogP contribution in [0.2, 0.25) is 0 Å². The highest BCUT2D eigenvalue weighted by molar-refractivity contribution is 5.76. The molecule has 0 saturated heterocycles. The Morgan fingerprint density at radius 2 is 1.88 bits per heavy atom. The molecule has 1 aliphatic rings. The second-order valence-electron chi connectivity index (χ2n) is 5.56. The zero-order valence-electron chi connectivity index (χ0n) is 13.3. The SMILES string of the molecule is O=C(Cn1c(=O)oc2ccccc21)OCc1ccc2c(c1)OCCO2. The first-order valence-electron chi connectivity index (χ1n) is 7.83. The largest absolute Gasteiger partial charge is 0.486 e. The number of carbonyl (C=O) groups excluding carboxylic acids is 1. The highest BCUT2D eigenvalue weighted by Crippen LogP contribution is 2.30. The van der Waals surface area contributed by atoms with Crippen molar-refractivity contribution in [2.45, 2.75) is 13.2 Å². The first kappa shape index (κ1) is 15.3. The molecule has 0 saturated carbocycles. The summed E-state index contributed by atoms with van der Waals surface area (Å²) in [5.74, 6) is 0.204. The first-order chi connectivity index (χ1) is 12.2. The number of nitrogens with zero attached hydrogens (tertiary/aromatic N) is 1. The lowest BCUT2D eigenvalue weighted by Crippen LogP contribution is -2.21. The molecule has 3 aromatic rings. The van der Waals surface area contributed by atoms with Crippen LogP contribution in [0.25, 0.3) is 11.1 Å². The Kier molecular flexibility index (Phi) is 3.89. The zero-order chi connectivity index (χ0) is 17.2. The number of hydrogen-bond acceptors (Lipinski definition) is 6. The van der Waals surface area contributed by atoms with Crippen LogP contribution in [0.5, 0.6) is 11.5 Å². The van der Waals surface area contributed by atoms with Crippen molar-refractivity contribution in [1.29, 1.82) is 0 Å². The Bertz CT molecular complexity index is 987. The van der Waals surface area contributed by atoms with E-state index < -0.39 is 11.7 Å². The van der Waals surface area contributed by atoms with Gasteiger partial charge in [-0.1, -0.05) is 18.2 Å². The molecule has 1 aromatic heterocycles. The lowest BCUT2D eigenvalue weighted by atomic mass is 10.2. The van der Waals surface area contributed by atoms with Crippen molar-refractivity contribution in [3.05, 3.63) is 58.6 Å². The molecule has 2 heterocycles. The van der Waals surface area contributed by atoms with Crippen LogP contribution in [0.4, 0.5) is 0 Å². The standard InChI is InChI=1S/C18H15NO6/c20-17(10-19-13-3-1-2-4-14(13)25-18(19)21)24-11-12-5-6-15-16(9-12)23-8-7-22-15/h1-6,9H,7-8,10-11H2. The fourth-order valence-electron chi connectivity index (χ4n) is 2.68. The van der Waals surface area contributed by atoms with Crippen molar-refractivity contribution in [3.8, 4) is 11.5 Å². The van der Waals surface area contributed by atoms with Gasteiger partial charge in [0.15, 0.2) is 17.1 Å². The van der Waals surface area contributed by atoms with Gasteiger partial charge in [-0.05, 0) is 29.8 Å². The van der Waals surface area contributed by atoms with Gasteiger partial charge in [-0.15, -0.1) is 0 Å². The van der Waals surface area contributed by atoms with E-state index in [9.17, 15) is 9.59 Å². The van der Waals surface area contributed by atoms with Crippen molar-refractivity contribution >= 4 is 17.1 Å². The fraction of sp³-hybridized carbons (Fsp3) is 0.222. The van der Waals surface area contributed by atoms with Crippen molar-refractivity contribution in [2.24, 2.45) is 0 Å². The van der Waals surface area contributed by atoms with Crippen molar-refractivity contribution in [1.82, 2.24) is 4.57 Å². The van der Waals surface area contributed by atoms with Gasteiger partial charge in [-0.25, -0.2) is 4.79 Å². The van der Waals surface area contributed by atoms with Gasteiger partial charge >= 0.3 is 11.7 Å². The summed E-state index contributed by atoms with van der Waals surface area (Å²) in [6.07, 6.45) is 0. The second kappa shape index (κ2) is 6.35. The Morgan fingerprint density at radius 3 is 2.76 bits per heavy atom. The van der Waals surface area contributed by atoms with Gasteiger partial charge in [0.25, 0.3) is 0 Å². The number of para-hydroxylation sites is 2. The maximum atomic E-state index is 12.1. The zero-order valence-corrected chi connectivity index (χ0v) is 13.3. The topological polar surface area (TPSA) is 79.9 Å². The van der Waals surface area contributed by atoms with E-state index in [2.05, 4.69) is 0 Å². The second-order valence-corrected chi connectivity index (χ2v) is 5.56. The summed E-state index contributed by atoms with van der Waals surface area (Å²) in [4.78, 5) is 24.0. The molecular weight excluding hydrogens is 326 g/mol. The van der Waals surface area contributed by atoms with E-state index in [0.717, 1.165) is 5.56 Å². The molecule has 0 N–H and O–H groups in total. The lowest BCUT2D eigenvalue weighted by Gasteiger charge is -2.18. The third-order valence-electron chi connectivity index (χ3n) is 3.87. The normalized spacial score (nSPS) is 13.0. The van der Waals surface area contributed by atoms with Crippen LogP contribution in [0.15, 0.2) is 51.7 Å². The van der Waals surface area contributed by atoms with Gasteiger partial charge in [0.1, 0.15) is 26.4 Å². The number of hydrogen-bond donors (Lipinski definition) is 0. The minimum atomic E-state index is -0.586. The minimum Gasteiger partial charge on any atom is -0.486 e. The van der Waals surface area contributed by atoms with Gasteiger partial charge in [-0.2, -0.15) is 0 Å². The van der Waals surface area contributed by atoms with E-state index in [-0.39, 0.29) is 13.2 Å². The van der Waals surface area contributed by atoms with Crippen molar-refractivity contribution in [3.63, 3.8) is 0 Å². The Morgan fingerprint density at radius 1 is 1.08 bits per heavy atom. The van der Waals surface area contributed by atoms with Crippen molar-refractivity contribution in [2.75, 3.05) is 13.2 Å². The van der Waals surface area contributed by atoms with E-state index in [0.29, 0.717) is 35.8 Å². The van der Waals surface area contributed by atoms with Crippen LogP contribution in [-0.2, 0) is 22.7 Å². The van der Waals surface area contributed by atoms with Gasteiger partial charge in [0, 0.05) is 0 Å². The molecule has 7 heteroatoms. The molecule has 2 aromatic carbocycles. The molecule has 0 spiro atoms. The van der Waals surface area contributed by atoms with Crippen molar-refractivity contribution < 1.29 is 23.4 Å². The molecule has 0 bridgehead atoms. The van der Waals surface area contributed by atoms with E-state index >= 15 is 0 Å². The van der Waals surface area contributed by atoms with Crippen LogP contribution in [0, 0.1) is 0 Å². The fourth-order valence-corrected chi connectivity index (χ4v) is 2.68. The molecule has 0 fully saturated rings. The third kappa shape index (κ3) is 3.08. The summed E-state index contributed by atoms with van der Waals surface area (Å²) in [5, 5.41) is 0. The van der Waals surface area contributed by atoms with E-state index in [1.807, 2.05) is 0 Å². The molecule has 0 aliphatic carbocycles. The smallest absolute Gasteiger partial charge is 0.420 e. The molecular formula is C18H15NO6. The lowest BCUT2D eigenvalue weighted by molar-refractivity contribution is -0.145. The van der Waals surface area contributed by atoms with E-state index in [1.54, 1.807) is 42.5 Å². The number of benzene rings is 2. The van der Waals surface area contributed by atoms with Crippen LogP contribution in [0.3, 0.4) is 0 Å². The first-order valence-corrected chi connectivity index (χ1v) is 7.83. The molecule has 0 radical (unpaired) electrons. The van der Waals surface area contributed by atoms with Crippen LogP contribution in [-0.4, -0.2) is 23.8 Å². The summed E-state index contributed by atoms with van der Waals surface area (Å²) in [7, 11) is 0. The Balaban J connectivity index is 1.44. The molecule has 0 unspecified atom stereocenters. The quantitative estimate of drug-likeness (QED) is 0.676. The number of esters is 1. The molecule has 0 atom stereocenters. The average molecular weight is 341 g/mol. The van der Waals surface area contributed by atoms with E-state index in [4.69, 9.17) is 18.6 Å². The molecule has 1 aliphatic heterocycles. The Hall–Kier alpha value is -3.22. The molecule has 7 nitrogen and oxygen atoms in total. The highest BCUT2D eigenvalue weighted by Gasteiger charge is 2.15.